The van der Waals surface area contributed by atoms with Gasteiger partial charge in [-0.05, 0) is 6.07 Å². The van der Waals surface area contributed by atoms with Crippen LogP contribution < -0.4 is 20.3 Å². The van der Waals surface area contributed by atoms with Gasteiger partial charge in [0.2, 0.25) is 5.91 Å². The fourth-order valence-electron chi connectivity index (χ4n) is 2.33. The molecule has 1 N–H and O–H groups in total. The summed E-state index contributed by atoms with van der Waals surface area (Å²) in [5, 5.41) is 2.61. The molecule has 0 fully saturated rings. The third kappa shape index (κ3) is 3.93. The Kier molecular flexibility index (Phi) is 4.82. The quantitative estimate of drug-likeness (QED) is 0.877. The third-order valence-corrected chi connectivity index (χ3v) is 3.84. The Morgan fingerprint density at radius 3 is 2.50 bits per heavy atom. The van der Waals surface area contributed by atoms with Crippen molar-refractivity contribution in [1.29, 1.82) is 0 Å². The van der Waals surface area contributed by atoms with Crippen molar-refractivity contribution in [3.63, 3.8) is 0 Å². The lowest BCUT2D eigenvalue weighted by atomic mass is 10.2. The second kappa shape index (κ2) is 6.91. The smallest absolute Gasteiger partial charge is 0.417 e. The van der Waals surface area contributed by atoms with Gasteiger partial charge >= 0.3 is 6.18 Å². The molecule has 2 heterocycles. The van der Waals surface area contributed by atoms with Gasteiger partial charge < -0.3 is 19.4 Å². The van der Waals surface area contributed by atoms with Crippen LogP contribution in [0.25, 0.3) is 0 Å². The number of carbonyl (C=O) groups is 1. The lowest BCUT2D eigenvalue weighted by Gasteiger charge is -2.20. The molecule has 0 radical (unpaired) electrons. The molecule has 0 atom stereocenters. The van der Waals surface area contributed by atoms with Gasteiger partial charge in [0, 0.05) is 24.4 Å². The van der Waals surface area contributed by atoms with Crippen LogP contribution in [0, 0.1) is 0 Å². The first kappa shape index (κ1) is 18.1. The minimum Gasteiger partial charge on any atom is -0.486 e. The van der Waals surface area contributed by atoms with Crippen molar-refractivity contribution in [2.75, 3.05) is 18.5 Å². The molecule has 1 aliphatic rings. The first-order chi connectivity index (χ1) is 12.2. The van der Waals surface area contributed by atoms with E-state index in [-0.39, 0.29) is 10.7 Å². The van der Waals surface area contributed by atoms with Crippen molar-refractivity contribution in [1.82, 2.24) is 4.57 Å². The number of nitrogens with zero attached hydrogens (tertiary/aromatic N) is 1. The number of hydrogen-bond acceptors (Lipinski definition) is 4. The molecule has 1 aliphatic heterocycles. The maximum atomic E-state index is 12.7. The second-order valence-corrected chi connectivity index (χ2v) is 5.81. The van der Waals surface area contributed by atoms with Crippen LogP contribution >= 0.6 is 11.6 Å². The van der Waals surface area contributed by atoms with Crippen LogP contribution in [0.3, 0.4) is 0 Å². The summed E-state index contributed by atoms with van der Waals surface area (Å²) in [6.45, 7) is 0.0999. The van der Waals surface area contributed by atoms with Crippen molar-refractivity contribution in [2.45, 2.75) is 12.7 Å². The van der Waals surface area contributed by atoms with Crippen molar-refractivity contribution in [2.24, 2.45) is 0 Å². The SMILES string of the molecule is O=C(Cn1cc(C(F)(F)F)ccc1=O)Nc1cc2c(cc1Cl)OCCO2. The van der Waals surface area contributed by atoms with Crippen LogP contribution in [-0.2, 0) is 17.5 Å². The van der Waals surface area contributed by atoms with Crippen LogP contribution in [0.2, 0.25) is 5.02 Å². The molecule has 0 saturated heterocycles. The highest BCUT2D eigenvalue weighted by atomic mass is 35.5. The highest BCUT2D eigenvalue weighted by Crippen LogP contribution is 2.38. The van der Waals surface area contributed by atoms with Crippen molar-refractivity contribution < 1.29 is 27.4 Å². The number of nitrogens with one attached hydrogen (secondary N) is 1. The summed E-state index contributed by atoms with van der Waals surface area (Å²) in [7, 11) is 0. The Labute approximate surface area is 150 Å². The van der Waals surface area contributed by atoms with E-state index in [9.17, 15) is 22.8 Å². The predicted octanol–water partition coefficient (Wildman–Crippen LogP) is 2.93. The third-order valence-electron chi connectivity index (χ3n) is 3.53. The van der Waals surface area contributed by atoms with Crippen molar-refractivity contribution in [3.8, 4) is 11.5 Å². The summed E-state index contributed by atoms with van der Waals surface area (Å²) in [5.41, 5.74) is -1.57. The van der Waals surface area contributed by atoms with Crippen molar-refractivity contribution >= 4 is 23.2 Å². The van der Waals surface area contributed by atoms with Gasteiger partial charge in [0.15, 0.2) is 11.5 Å². The molecular formula is C16H12ClF3N2O4. The van der Waals surface area contributed by atoms with E-state index in [0.717, 1.165) is 6.07 Å². The van der Waals surface area contributed by atoms with E-state index < -0.39 is 29.8 Å². The van der Waals surface area contributed by atoms with E-state index in [2.05, 4.69) is 5.32 Å². The lowest BCUT2D eigenvalue weighted by molar-refractivity contribution is -0.138. The lowest BCUT2D eigenvalue weighted by Crippen LogP contribution is -2.28. The summed E-state index contributed by atoms with van der Waals surface area (Å²) in [4.78, 5) is 23.8. The molecule has 138 valence electrons. The van der Waals surface area contributed by atoms with Crippen LogP contribution in [0.5, 0.6) is 11.5 Å². The van der Waals surface area contributed by atoms with E-state index in [1.54, 1.807) is 0 Å². The zero-order valence-corrected chi connectivity index (χ0v) is 13.9. The number of rotatable bonds is 3. The molecule has 2 aromatic rings. The van der Waals surface area contributed by atoms with Gasteiger partial charge in [-0.1, -0.05) is 11.6 Å². The van der Waals surface area contributed by atoms with Gasteiger partial charge in [0.25, 0.3) is 5.56 Å². The number of ether oxygens (including phenoxy) is 2. The number of benzene rings is 1. The first-order valence-electron chi connectivity index (χ1n) is 7.41. The molecule has 0 spiro atoms. The zero-order valence-electron chi connectivity index (χ0n) is 13.1. The maximum absolute atomic E-state index is 12.7. The van der Waals surface area contributed by atoms with Gasteiger partial charge in [0.05, 0.1) is 16.3 Å². The Bertz CT molecular complexity index is 911. The zero-order chi connectivity index (χ0) is 18.9. The van der Waals surface area contributed by atoms with Crippen LogP contribution in [-0.4, -0.2) is 23.7 Å². The normalized spacial score (nSPS) is 13.4. The predicted molar refractivity (Wildman–Crippen MR) is 86.8 cm³/mol. The number of alkyl halides is 3. The van der Waals surface area contributed by atoms with Gasteiger partial charge in [0.1, 0.15) is 19.8 Å². The first-order valence-corrected chi connectivity index (χ1v) is 7.78. The number of hydrogen-bond donors (Lipinski definition) is 1. The molecule has 6 nitrogen and oxygen atoms in total. The second-order valence-electron chi connectivity index (χ2n) is 5.41. The van der Waals surface area contributed by atoms with Crippen LogP contribution in [0.1, 0.15) is 5.56 Å². The standard InChI is InChI=1S/C16H12ClF3N2O4/c17-10-5-12-13(26-4-3-25-12)6-11(10)21-14(23)8-22-7-9(16(18,19)20)1-2-15(22)24/h1-2,5-7H,3-4,8H2,(H,21,23). The van der Waals surface area contributed by atoms with Gasteiger partial charge in [-0.2, -0.15) is 13.2 Å². The Hall–Kier alpha value is -2.68. The fraction of sp³-hybridized carbons (Fsp3) is 0.250. The largest absolute Gasteiger partial charge is 0.486 e. The number of pyridine rings is 1. The number of halogens is 4. The monoisotopic (exact) mass is 388 g/mol. The van der Waals surface area contributed by atoms with Crippen LogP contribution in [0.15, 0.2) is 35.3 Å². The van der Waals surface area contributed by atoms with E-state index in [1.807, 2.05) is 0 Å². The Morgan fingerprint density at radius 2 is 1.85 bits per heavy atom. The highest BCUT2D eigenvalue weighted by Gasteiger charge is 2.31. The average Bonchev–Trinajstić information content (AvgIpc) is 2.56. The molecule has 0 saturated carbocycles. The number of aromatic nitrogens is 1. The molecule has 1 aromatic heterocycles. The van der Waals surface area contributed by atoms with Gasteiger partial charge in [-0.3, -0.25) is 9.59 Å². The molecule has 10 heteroatoms. The van der Waals surface area contributed by atoms with Gasteiger partial charge in [-0.25, -0.2) is 0 Å². The maximum Gasteiger partial charge on any atom is 0.417 e. The molecule has 1 amide bonds. The minimum absolute atomic E-state index is 0.166. The summed E-state index contributed by atoms with van der Waals surface area (Å²) in [6, 6.07) is 4.33. The number of anilines is 1. The van der Waals surface area contributed by atoms with E-state index in [0.29, 0.717) is 41.5 Å². The summed E-state index contributed by atoms with van der Waals surface area (Å²) in [5.74, 6) is 0.0885. The van der Waals surface area contributed by atoms with E-state index >= 15 is 0 Å². The minimum atomic E-state index is -4.62. The average molecular weight is 389 g/mol. The van der Waals surface area contributed by atoms with Gasteiger partial charge in [-0.15, -0.1) is 0 Å². The number of amides is 1. The number of carbonyl (C=O) groups excluding carboxylic acids is 1. The van der Waals surface area contributed by atoms with E-state index in [1.165, 1.54) is 12.1 Å². The highest BCUT2D eigenvalue weighted by molar-refractivity contribution is 6.34. The Balaban J connectivity index is 1.79. The summed E-state index contributed by atoms with van der Waals surface area (Å²) in [6.07, 6.45) is -4.03. The van der Waals surface area contributed by atoms with E-state index in [4.69, 9.17) is 21.1 Å². The molecule has 0 unspecified atom stereocenters. The fourth-order valence-corrected chi connectivity index (χ4v) is 2.53. The Morgan fingerprint density at radius 1 is 1.19 bits per heavy atom. The molecule has 3 rings (SSSR count). The molecular weight excluding hydrogens is 377 g/mol. The number of fused-ring (bicyclic) bond motifs is 1. The summed E-state index contributed by atoms with van der Waals surface area (Å²) >= 11 is 6.06. The van der Waals surface area contributed by atoms with Crippen molar-refractivity contribution in [3.05, 3.63) is 51.4 Å². The molecule has 1 aromatic carbocycles. The summed E-state index contributed by atoms with van der Waals surface area (Å²) < 4.78 is 49.6. The topological polar surface area (TPSA) is 69.6 Å². The molecule has 0 aliphatic carbocycles. The molecule has 0 bridgehead atoms. The molecule has 26 heavy (non-hydrogen) atoms. The van der Waals surface area contributed by atoms with Crippen LogP contribution in [0.4, 0.5) is 18.9 Å².